The molecule has 1 aromatic carbocycles. The molecule has 3 rings (SSSR count). The van der Waals surface area contributed by atoms with Crippen molar-refractivity contribution in [3.05, 3.63) is 35.9 Å². The van der Waals surface area contributed by atoms with Crippen LogP contribution in [0.2, 0.25) is 0 Å². The second-order valence-corrected chi connectivity index (χ2v) is 7.32. The molecule has 0 bridgehead atoms. The lowest BCUT2D eigenvalue weighted by molar-refractivity contribution is 0.223. The molecule has 1 aliphatic carbocycles. The van der Waals surface area contributed by atoms with Gasteiger partial charge in [-0.3, -0.25) is 9.89 Å². The normalized spacial score (nSPS) is 25.3. The van der Waals surface area contributed by atoms with Crippen LogP contribution in [0.25, 0.3) is 0 Å². The van der Waals surface area contributed by atoms with Gasteiger partial charge in [-0.25, -0.2) is 0 Å². The second-order valence-electron chi connectivity index (χ2n) is 7.32. The molecule has 1 N–H and O–H groups in total. The number of aliphatic imine (C=N–C) groups is 1. The highest BCUT2D eigenvalue weighted by Gasteiger charge is 2.38. The second kappa shape index (κ2) is 10.5. The van der Waals surface area contributed by atoms with Gasteiger partial charge < -0.3 is 10.2 Å². The molecule has 3 atom stereocenters. The summed E-state index contributed by atoms with van der Waals surface area (Å²) >= 11 is 0. The van der Waals surface area contributed by atoms with Gasteiger partial charge in [0.2, 0.25) is 0 Å². The predicted octanol–water partition coefficient (Wildman–Crippen LogP) is 3.79. The minimum Gasteiger partial charge on any atom is -0.357 e. The maximum absolute atomic E-state index is 4.99. The Labute approximate surface area is 176 Å². The predicted molar refractivity (Wildman–Crippen MR) is 122 cm³/mol. The SMILES string of the molecule is CCNC(=NCC1CC1c1ccccc1)N1CCC(N(CC)CC)C1.I. The van der Waals surface area contributed by atoms with Crippen LogP contribution in [0.4, 0.5) is 0 Å². The third-order valence-corrected chi connectivity index (χ3v) is 5.75. The third kappa shape index (κ3) is 5.35. The van der Waals surface area contributed by atoms with Crippen molar-refractivity contribution in [1.29, 1.82) is 0 Å². The van der Waals surface area contributed by atoms with Crippen molar-refractivity contribution in [2.75, 3.05) is 39.3 Å². The van der Waals surface area contributed by atoms with Crippen LogP contribution in [-0.4, -0.2) is 61.1 Å². The quantitative estimate of drug-likeness (QED) is 0.374. The van der Waals surface area contributed by atoms with Gasteiger partial charge in [-0.2, -0.15) is 0 Å². The Bertz CT molecular complexity index is 558. The summed E-state index contributed by atoms with van der Waals surface area (Å²) in [7, 11) is 0. The standard InChI is InChI=1S/C21H34N4.HI/c1-4-22-21(25-13-12-19(16-25)24(5-2)6-3)23-15-18-14-20(18)17-10-8-7-9-11-17;/h7-11,18-20H,4-6,12-16H2,1-3H3,(H,22,23);1H. The molecule has 5 heteroatoms. The van der Waals surface area contributed by atoms with Crippen LogP contribution < -0.4 is 5.32 Å². The monoisotopic (exact) mass is 470 g/mol. The highest BCUT2D eigenvalue weighted by atomic mass is 127. The average Bonchev–Trinajstić information content (AvgIpc) is 3.27. The maximum atomic E-state index is 4.99. The largest absolute Gasteiger partial charge is 0.357 e. The lowest BCUT2D eigenvalue weighted by atomic mass is 10.1. The van der Waals surface area contributed by atoms with Gasteiger partial charge in [-0.1, -0.05) is 44.2 Å². The van der Waals surface area contributed by atoms with Gasteiger partial charge in [0, 0.05) is 32.2 Å². The maximum Gasteiger partial charge on any atom is 0.193 e. The summed E-state index contributed by atoms with van der Waals surface area (Å²) in [5, 5.41) is 3.52. The fraction of sp³-hybridized carbons (Fsp3) is 0.667. The molecule has 2 fully saturated rings. The van der Waals surface area contributed by atoms with Crippen molar-refractivity contribution in [1.82, 2.24) is 15.1 Å². The molecule has 1 saturated carbocycles. The molecule has 2 aliphatic rings. The van der Waals surface area contributed by atoms with Crippen LogP contribution in [0.1, 0.15) is 45.1 Å². The van der Waals surface area contributed by atoms with Crippen molar-refractivity contribution >= 4 is 29.9 Å². The Hall–Kier alpha value is -0.820. The molecule has 0 spiro atoms. The Morgan fingerprint density at radius 2 is 1.92 bits per heavy atom. The Kier molecular flexibility index (Phi) is 8.67. The van der Waals surface area contributed by atoms with E-state index >= 15 is 0 Å². The highest BCUT2D eigenvalue weighted by molar-refractivity contribution is 14.0. The van der Waals surface area contributed by atoms with Crippen molar-refractivity contribution in [2.45, 2.75) is 45.6 Å². The Morgan fingerprint density at radius 3 is 2.58 bits per heavy atom. The molecule has 0 aromatic heterocycles. The lowest BCUT2D eigenvalue weighted by Gasteiger charge is -2.27. The van der Waals surface area contributed by atoms with E-state index in [0.717, 1.165) is 57.1 Å². The van der Waals surface area contributed by atoms with Crippen molar-refractivity contribution < 1.29 is 0 Å². The zero-order valence-corrected chi connectivity index (χ0v) is 18.9. The molecule has 26 heavy (non-hydrogen) atoms. The molecular weight excluding hydrogens is 435 g/mol. The minimum absolute atomic E-state index is 0. The Balaban J connectivity index is 0.00000243. The summed E-state index contributed by atoms with van der Waals surface area (Å²) in [6.45, 7) is 13.1. The van der Waals surface area contributed by atoms with E-state index in [1.54, 1.807) is 0 Å². The Morgan fingerprint density at radius 1 is 1.19 bits per heavy atom. The lowest BCUT2D eigenvalue weighted by Crippen LogP contribution is -2.43. The van der Waals surface area contributed by atoms with E-state index in [2.05, 4.69) is 66.2 Å². The van der Waals surface area contributed by atoms with E-state index in [9.17, 15) is 0 Å². The van der Waals surface area contributed by atoms with Crippen LogP contribution in [0.3, 0.4) is 0 Å². The number of likely N-dealkylation sites (tertiary alicyclic amines) is 1. The van der Waals surface area contributed by atoms with Crippen LogP contribution >= 0.6 is 24.0 Å². The van der Waals surface area contributed by atoms with E-state index in [1.807, 2.05) is 0 Å². The fourth-order valence-electron chi connectivity index (χ4n) is 4.16. The van der Waals surface area contributed by atoms with Crippen molar-refractivity contribution in [3.8, 4) is 0 Å². The molecule has 0 amide bonds. The van der Waals surface area contributed by atoms with Crippen LogP contribution in [-0.2, 0) is 0 Å². The van der Waals surface area contributed by atoms with Crippen molar-refractivity contribution in [2.24, 2.45) is 10.9 Å². The third-order valence-electron chi connectivity index (χ3n) is 5.75. The molecule has 1 aromatic rings. The smallest absolute Gasteiger partial charge is 0.193 e. The van der Waals surface area contributed by atoms with Gasteiger partial charge in [0.15, 0.2) is 5.96 Å². The number of hydrogen-bond acceptors (Lipinski definition) is 2. The van der Waals surface area contributed by atoms with Gasteiger partial charge in [-0.05, 0) is 50.3 Å². The summed E-state index contributed by atoms with van der Waals surface area (Å²) in [6.07, 6.45) is 2.54. The molecule has 1 heterocycles. The van der Waals surface area contributed by atoms with Crippen LogP contribution in [0.5, 0.6) is 0 Å². The zero-order chi connectivity index (χ0) is 17.6. The van der Waals surface area contributed by atoms with Gasteiger partial charge in [0.05, 0.1) is 0 Å². The average molecular weight is 470 g/mol. The zero-order valence-electron chi connectivity index (χ0n) is 16.5. The van der Waals surface area contributed by atoms with Gasteiger partial charge in [-0.15, -0.1) is 24.0 Å². The summed E-state index contributed by atoms with van der Waals surface area (Å²) in [6, 6.07) is 11.6. The molecule has 3 unspecified atom stereocenters. The summed E-state index contributed by atoms with van der Waals surface area (Å²) in [5.74, 6) is 2.56. The van der Waals surface area contributed by atoms with Crippen molar-refractivity contribution in [3.63, 3.8) is 0 Å². The number of likely N-dealkylation sites (N-methyl/N-ethyl adjacent to an activating group) is 1. The molecule has 1 saturated heterocycles. The molecular formula is C21H35IN4. The summed E-state index contributed by atoms with van der Waals surface area (Å²) < 4.78 is 0. The number of halogens is 1. The first kappa shape index (κ1) is 21.5. The highest BCUT2D eigenvalue weighted by Crippen LogP contribution is 2.47. The van der Waals surface area contributed by atoms with E-state index in [0.29, 0.717) is 6.04 Å². The van der Waals surface area contributed by atoms with Gasteiger partial charge in [0.1, 0.15) is 0 Å². The van der Waals surface area contributed by atoms with Gasteiger partial charge >= 0.3 is 0 Å². The topological polar surface area (TPSA) is 30.9 Å². The minimum atomic E-state index is 0. The van der Waals surface area contributed by atoms with Crippen LogP contribution in [0.15, 0.2) is 35.3 Å². The van der Waals surface area contributed by atoms with Gasteiger partial charge in [0.25, 0.3) is 0 Å². The first-order valence-corrected chi connectivity index (χ1v) is 10.1. The van der Waals surface area contributed by atoms with E-state index in [-0.39, 0.29) is 24.0 Å². The summed E-state index contributed by atoms with van der Waals surface area (Å²) in [5.41, 5.74) is 1.48. The number of nitrogens with zero attached hydrogens (tertiary/aromatic N) is 3. The number of rotatable bonds is 7. The van der Waals surface area contributed by atoms with E-state index in [4.69, 9.17) is 4.99 Å². The molecule has 1 aliphatic heterocycles. The molecule has 4 nitrogen and oxygen atoms in total. The molecule has 146 valence electrons. The van der Waals surface area contributed by atoms with E-state index in [1.165, 1.54) is 18.4 Å². The number of benzene rings is 1. The van der Waals surface area contributed by atoms with E-state index < -0.39 is 0 Å². The van der Waals surface area contributed by atoms with Crippen LogP contribution in [0, 0.1) is 5.92 Å². The number of hydrogen-bond donors (Lipinski definition) is 1. The molecule has 0 radical (unpaired) electrons. The summed E-state index contributed by atoms with van der Waals surface area (Å²) in [4.78, 5) is 10.0. The number of nitrogens with one attached hydrogen (secondary N) is 1. The number of guanidine groups is 1. The first-order chi connectivity index (χ1) is 12.3. The fourth-order valence-corrected chi connectivity index (χ4v) is 4.16. The first-order valence-electron chi connectivity index (χ1n) is 10.1.